The molecule has 1 aromatic carbocycles. The largest absolute Gasteiger partial charge is 0.493 e. The van der Waals surface area contributed by atoms with Gasteiger partial charge in [0.25, 0.3) is 5.91 Å². The number of carbonyl (C=O) groups is 2. The molecular weight excluding hydrogens is 270 g/mol. The monoisotopic (exact) mass is 291 g/mol. The summed E-state index contributed by atoms with van der Waals surface area (Å²) >= 11 is 0. The highest BCUT2D eigenvalue weighted by Gasteiger charge is 2.34. The third kappa shape index (κ3) is 2.94. The van der Waals surface area contributed by atoms with E-state index < -0.39 is 6.04 Å². The summed E-state index contributed by atoms with van der Waals surface area (Å²) in [5.41, 5.74) is 6.66. The number of rotatable bonds is 4. The highest BCUT2D eigenvalue weighted by molar-refractivity contribution is 6.04. The van der Waals surface area contributed by atoms with Gasteiger partial charge in [-0.2, -0.15) is 0 Å². The predicted molar refractivity (Wildman–Crippen MR) is 80.1 cm³/mol. The van der Waals surface area contributed by atoms with Gasteiger partial charge in [0.2, 0.25) is 5.91 Å². The van der Waals surface area contributed by atoms with Crippen molar-refractivity contribution in [2.45, 2.75) is 26.3 Å². The van der Waals surface area contributed by atoms with Gasteiger partial charge in [-0.1, -0.05) is 13.0 Å². The zero-order chi connectivity index (χ0) is 15.4. The maximum atomic E-state index is 12.8. The van der Waals surface area contributed by atoms with Crippen molar-refractivity contribution >= 4 is 17.5 Å². The van der Waals surface area contributed by atoms with E-state index in [1.165, 1.54) is 0 Å². The summed E-state index contributed by atoms with van der Waals surface area (Å²) in [5.74, 6) is 0.0890. The Hall–Kier alpha value is -2.24. The van der Waals surface area contributed by atoms with Gasteiger partial charge >= 0.3 is 0 Å². The predicted octanol–water partition coefficient (Wildman–Crippen LogP) is 1.02. The summed E-state index contributed by atoms with van der Waals surface area (Å²) in [7, 11) is 0. The number of anilines is 1. The van der Waals surface area contributed by atoms with Gasteiger partial charge < -0.3 is 20.7 Å². The molecule has 0 radical (unpaired) electrons. The van der Waals surface area contributed by atoms with Crippen LogP contribution >= 0.6 is 0 Å². The molecule has 1 unspecified atom stereocenters. The van der Waals surface area contributed by atoms with E-state index in [0.717, 1.165) is 0 Å². The van der Waals surface area contributed by atoms with Crippen LogP contribution in [0.3, 0.4) is 0 Å². The van der Waals surface area contributed by atoms with Crippen LogP contribution < -0.4 is 15.8 Å². The Labute approximate surface area is 124 Å². The van der Waals surface area contributed by atoms with E-state index in [1.54, 1.807) is 23.1 Å². The fraction of sp³-hybridized carbons (Fsp3) is 0.467. The van der Waals surface area contributed by atoms with E-state index in [0.29, 0.717) is 43.1 Å². The van der Waals surface area contributed by atoms with Crippen LogP contribution in [0.1, 0.15) is 30.6 Å². The summed E-state index contributed by atoms with van der Waals surface area (Å²) in [4.78, 5) is 26.3. The van der Waals surface area contributed by atoms with Crippen molar-refractivity contribution in [1.29, 1.82) is 0 Å². The standard InChI is InChI=1S/C15H21N3O3/c1-3-11-14(19)17-8-9-18(11)15(20)13-10(16)6-5-7-12(13)21-4-2/h5-7,11H,3-4,8-9,16H2,1-2H3,(H,17,19). The Balaban J connectivity index is 2.37. The molecule has 6 nitrogen and oxygen atoms in total. The lowest BCUT2D eigenvalue weighted by Gasteiger charge is -2.35. The highest BCUT2D eigenvalue weighted by Crippen LogP contribution is 2.27. The van der Waals surface area contributed by atoms with Crippen LogP contribution in [0, 0.1) is 0 Å². The molecule has 2 amide bonds. The van der Waals surface area contributed by atoms with E-state index in [-0.39, 0.29) is 11.8 Å². The molecule has 0 aromatic heterocycles. The van der Waals surface area contributed by atoms with E-state index in [9.17, 15) is 9.59 Å². The SMILES string of the molecule is CCOc1cccc(N)c1C(=O)N1CCNC(=O)C1CC. The lowest BCUT2D eigenvalue weighted by Crippen LogP contribution is -2.57. The third-order valence-corrected chi connectivity index (χ3v) is 3.55. The average molecular weight is 291 g/mol. The summed E-state index contributed by atoms with van der Waals surface area (Å²) in [6.07, 6.45) is 0.564. The normalized spacial score (nSPS) is 18.3. The van der Waals surface area contributed by atoms with Crippen LogP contribution in [-0.4, -0.2) is 42.5 Å². The molecule has 3 N–H and O–H groups in total. The minimum atomic E-state index is -0.458. The maximum Gasteiger partial charge on any atom is 0.260 e. The zero-order valence-electron chi connectivity index (χ0n) is 12.4. The molecular formula is C15H21N3O3. The van der Waals surface area contributed by atoms with E-state index >= 15 is 0 Å². The third-order valence-electron chi connectivity index (χ3n) is 3.55. The molecule has 1 atom stereocenters. The Kier molecular flexibility index (Phi) is 4.67. The Morgan fingerprint density at radius 3 is 2.90 bits per heavy atom. The summed E-state index contributed by atoms with van der Waals surface area (Å²) in [6.45, 7) is 5.11. The fourth-order valence-corrected chi connectivity index (χ4v) is 2.56. The molecule has 0 spiro atoms. The van der Waals surface area contributed by atoms with Crippen LogP contribution in [0.2, 0.25) is 0 Å². The molecule has 0 bridgehead atoms. The topological polar surface area (TPSA) is 84.7 Å². The Morgan fingerprint density at radius 2 is 2.24 bits per heavy atom. The molecule has 2 rings (SSSR count). The second-order valence-corrected chi connectivity index (χ2v) is 4.87. The summed E-state index contributed by atoms with van der Waals surface area (Å²) in [6, 6.07) is 4.68. The number of nitrogens with two attached hydrogens (primary N) is 1. The number of amides is 2. The summed E-state index contributed by atoms with van der Waals surface area (Å²) < 4.78 is 5.50. The summed E-state index contributed by atoms with van der Waals surface area (Å²) in [5, 5.41) is 2.78. The first-order chi connectivity index (χ1) is 10.1. The van der Waals surface area contributed by atoms with Gasteiger partial charge in [0.15, 0.2) is 0 Å². The first kappa shape index (κ1) is 15.2. The van der Waals surface area contributed by atoms with Gasteiger partial charge in [-0.15, -0.1) is 0 Å². The van der Waals surface area contributed by atoms with Gasteiger partial charge in [-0.25, -0.2) is 0 Å². The molecule has 1 aliphatic rings. The van der Waals surface area contributed by atoms with Crippen LogP contribution in [0.15, 0.2) is 18.2 Å². The van der Waals surface area contributed by atoms with E-state index in [1.807, 2.05) is 13.8 Å². The second kappa shape index (κ2) is 6.47. The van der Waals surface area contributed by atoms with Crippen molar-refractivity contribution in [3.63, 3.8) is 0 Å². The number of piperazine rings is 1. The first-order valence-corrected chi connectivity index (χ1v) is 7.20. The maximum absolute atomic E-state index is 12.8. The molecule has 1 fully saturated rings. The average Bonchev–Trinajstić information content (AvgIpc) is 2.47. The number of ether oxygens (including phenoxy) is 1. The van der Waals surface area contributed by atoms with Crippen molar-refractivity contribution in [3.05, 3.63) is 23.8 Å². The molecule has 1 heterocycles. The Morgan fingerprint density at radius 1 is 1.48 bits per heavy atom. The van der Waals surface area contributed by atoms with Gasteiger partial charge in [0.1, 0.15) is 17.4 Å². The van der Waals surface area contributed by atoms with Crippen molar-refractivity contribution < 1.29 is 14.3 Å². The fourth-order valence-electron chi connectivity index (χ4n) is 2.56. The lowest BCUT2D eigenvalue weighted by atomic mass is 10.1. The second-order valence-electron chi connectivity index (χ2n) is 4.87. The number of hydrogen-bond donors (Lipinski definition) is 2. The number of benzene rings is 1. The zero-order valence-corrected chi connectivity index (χ0v) is 12.4. The van der Waals surface area contributed by atoms with E-state index in [4.69, 9.17) is 10.5 Å². The van der Waals surface area contributed by atoms with Crippen molar-refractivity contribution in [2.75, 3.05) is 25.4 Å². The van der Waals surface area contributed by atoms with Crippen molar-refractivity contribution in [1.82, 2.24) is 10.2 Å². The van der Waals surface area contributed by atoms with Crippen molar-refractivity contribution in [2.24, 2.45) is 0 Å². The number of nitrogen functional groups attached to an aromatic ring is 1. The van der Waals surface area contributed by atoms with Crippen molar-refractivity contribution in [3.8, 4) is 5.75 Å². The first-order valence-electron chi connectivity index (χ1n) is 7.20. The van der Waals surface area contributed by atoms with Gasteiger partial charge in [0.05, 0.1) is 6.61 Å². The molecule has 1 aromatic rings. The minimum absolute atomic E-state index is 0.121. The molecule has 0 saturated carbocycles. The number of hydrogen-bond acceptors (Lipinski definition) is 4. The molecule has 1 aliphatic heterocycles. The molecule has 6 heteroatoms. The van der Waals surface area contributed by atoms with Crippen LogP contribution in [0.4, 0.5) is 5.69 Å². The molecule has 114 valence electrons. The molecule has 1 saturated heterocycles. The molecule has 0 aliphatic carbocycles. The van der Waals surface area contributed by atoms with Crippen LogP contribution in [-0.2, 0) is 4.79 Å². The number of nitrogens with zero attached hydrogens (tertiary/aromatic N) is 1. The lowest BCUT2D eigenvalue weighted by molar-refractivity contribution is -0.127. The van der Waals surface area contributed by atoms with E-state index in [2.05, 4.69) is 5.32 Å². The van der Waals surface area contributed by atoms with Gasteiger partial charge in [-0.3, -0.25) is 9.59 Å². The number of nitrogens with one attached hydrogen (secondary N) is 1. The quantitative estimate of drug-likeness (QED) is 0.811. The molecule has 21 heavy (non-hydrogen) atoms. The highest BCUT2D eigenvalue weighted by atomic mass is 16.5. The van der Waals surface area contributed by atoms with Crippen LogP contribution in [0.25, 0.3) is 0 Å². The van der Waals surface area contributed by atoms with Gasteiger partial charge in [0, 0.05) is 18.8 Å². The van der Waals surface area contributed by atoms with Gasteiger partial charge in [-0.05, 0) is 25.5 Å². The number of carbonyl (C=O) groups excluding carboxylic acids is 2. The minimum Gasteiger partial charge on any atom is -0.493 e. The Bertz CT molecular complexity index is 545. The van der Waals surface area contributed by atoms with Crippen LogP contribution in [0.5, 0.6) is 5.75 Å². The smallest absolute Gasteiger partial charge is 0.260 e.